The van der Waals surface area contributed by atoms with Crippen LogP contribution in [0.1, 0.15) is 5.76 Å². The second-order valence-electron chi connectivity index (χ2n) is 8.54. The van der Waals surface area contributed by atoms with Crippen LogP contribution in [0.2, 0.25) is 0 Å². The first-order valence-corrected chi connectivity index (χ1v) is 12.9. The monoisotopic (exact) mass is 564 g/mol. The number of methoxy groups -OCH3 is 1. The van der Waals surface area contributed by atoms with E-state index in [-0.39, 0.29) is 32.0 Å². The number of anilines is 1. The summed E-state index contributed by atoms with van der Waals surface area (Å²) in [6.45, 7) is 0. The van der Waals surface area contributed by atoms with Gasteiger partial charge in [0, 0.05) is 17.8 Å². The van der Waals surface area contributed by atoms with Gasteiger partial charge in [0.25, 0.3) is 17.2 Å². The van der Waals surface area contributed by atoms with Crippen LogP contribution in [0.4, 0.5) is 11.4 Å². The van der Waals surface area contributed by atoms with Gasteiger partial charge < -0.3 is 14.5 Å². The SMILES string of the molecule is COc1ccc(NC(=O)C(C#N)=c2sc(=Cc3ccc(-c4ccccc4[N+](=O)[O-])o3)c(=O)n2-c2ccccc2)cc1. The molecule has 1 N–H and O–H groups in total. The molecule has 1 amide bonds. The van der Waals surface area contributed by atoms with E-state index in [1.165, 1.54) is 23.8 Å². The Morgan fingerprint density at radius 3 is 2.44 bits per heavy atom. The summed E-state index contributed by atoms with van der Waals surface area (Å²) in [6, 6.07) is 26.5. The van der Waals surface area contributed by atoms with Gasteiger partial charge in [0.05, 0.1) is 27.8 Å². The summed E-state index contributed by atoms with van der Waals surface area (Å²) in [5.41, 5.74) is 0.360. The smallest absolute Gasteiger partial charge is 0.280 e. The molecule has 2 aromatic heterocycles. The first-order chi connectivity index (χ1) is 19.9. The Kier molecular flexibility index (Phi) is 7.58. The van der Waals surface area contributed by atoms with Crippen LogP contribution in [0.5, 0.6) is 5.75 Å². The van der Waals surface area contributed by atoms with Crippen molar-refractivity contribution in [2.24, 2.45) is 0 Å². The number of nitriles is 1. The summed E-state index contributed by atoms with van der Waals surface area (Å²) >= 11 is 0.953. The second kappa shape index (κ2) is 11.6. The van der Waals surface area contributed by atoms with E-state index in [2.05, 4.69) is 5.32 Å². The van der Waals surface area contributed by atoms with Crippen LogP contribution < -0.4 is 24.8 Å². The minimum atomic E-state index is -0.688. The number of benzene rings is 3. The molecule has 0 aliphatic carbocycles. The number of ether oxygens (including phenoxy) is 1. The van der Waals surface area contributed by atoms with E-state index >= 15 is 0 Å². The highest BCUT2D eigenvalue weighted by Crippen LogP contribution is 2.31. The van der Waals surface area contributed by atoms with Crippen molar-refractivity contribution in [3.05, 3.63) is 126 Å². The first kappa shape index (κ1) is 26.9. The van der Waals surface area contributed by atoms with Crippen LogP contribution in [0.25, 0.3) is 28.7 Å². The van der Waals surface area contributed by atoms with Crippen molar-refractivity contribution in [3.8, 4) is 28.8 Å². The Labute approximate surface area is 236 Å². The number of carbonyl (C=O) groups excluding carboxylic acids is 1. The number of carbonyl (C=O) groups is 1. The van der Waals surface area contributed by atoms with Gasteiger partial charge in [-0.05, 0) is 54.6 Å². The molecule has 0 aliphatic heterocycles. The molecule has 0 aliphatic rings. The highest BCUT2D eigenvalue weighted by atomic mass is 32.1. The van der Waals surface area contributed by atoms with Gasteiger partial charge in [-0.1, -0.05) is 30.3 Å². The first-order valence-electron chi connectivity index (χ1n) is 12.1. The van der Waals surface area contributed by atoms with Crippen molar-refractivity contribution < 1.29 is 18.9 Å². The Balaban J connectivity index is 1.64. The van der Waals surface area contributed by atoms with Gasteiger partial charge in [-0.25, -0.2) is 0 Å². The van der Waals surface area contributed by atoms with Crippen LogP contribution >= 0.6 is 11.3 Å². The molecule has 11 heteroatoms. The third-order valence-corrected chi connectivity index (χ3v) is 7.10. The van der Waals surface area contributed by atoms with E-state index in [4.69, 9.17) is 9.15 Å². The molecule has 0 fully saturated rings. The molecule has 0 spiro atoms. The summed E-state index contributed by atoms with van der Waals surface area (Å²) in [5.74, 6) is 0.440. The van der Waals surface area contributed by atoms with Gasteiger partial charge in [0.15, 0.2) is 5.57 Å². The van der Waals surface area contributed by atoms with Crippen LogP contribution in [-0.4, -0.2) is 22.5 Å². The van der Waals surface area contributed by atoms with Crippen molar-refractivity contribution >= 4 is 40.3 Å². The average Bonchev–Trinajstić information content (AvgIpc) is 3.58. The molecule has 3 aromatic carbocycles. The fourth-order valence-electron chi connectivity index (χ4n) is 4.07. The minimum absolute atomic E-state index is 0.116. The highest BCUT2D eigenvalue weighted by Gasteiger charge is 2.19. The highest BCUT2D eigenvalue weighted by molar-refractivity contribution is 7.07. The number of amides is 1. The molecule has 2 heterocycles. The topological polar surface area (TPSA) is 140 Å². The lowest BCUT2D eigenvalue weighted by molar-refractivity contribution is -0.384. The Morgan fingerprint density at radius 1 is 1.05 bits per heavy atom. The van der Waals surface area contributed by atoms with Gasteiger partial charge >= 0.3 is 0 Å². The fourth-order valence-corrected chi connectivity index (χ4v) is 5.15. The zero-order valence-corrected chi connectivity index (χ0v) is 22.3. The van der Waals surface area contributed by atoms with Gasteiger partial charge in [0.1, 0.15) is 28.0 Å². The molecule has 0 unspecified atom stereocenters. The molecule has 0 saturated carbocycles. The normalized spacial score (nSPS) is 12.0. The summed E-state index contributed by atoms with van der Waals surface area (Å²) in [4.78, 5) is 37.8. The maximum atomic E-state index is 13.6. The molecule has 202 valence electrons. The van der Waals surface area contributed by atoms with Crippen molar-refractivity contribution in [3.63, 3.8) is 0 Å². The van der Waals surface area contributed by atoms with Crippen LogP contribution in [0.15, 0.2) is 100 Å². The minimum Gasteiger partial charge on any atom is -0.497 e. The molecule has 41 heavy (non-hydrogen) atoms. The van der Waals surface area contributed by atoms with Gasteiger partial charge in [-0.3, -0.25) is 24.3 Å². The molecular weight excluding hydrogens is 544 g/mol. The van der Waals surface area contributed by atoms with Crippen LogP contribution in [0.3, 0.4) is 0 Å². The summed E-state index contributed by atoms with van der Waals surface area (Å²) in [5, 5.41) is 24.2. The quantitative estimate of drug-likeness (QED) is 0.231. The number of furan rings is 1. The molecule has 0 atom stereocenters. The number of nitrogens with zero attached hydrogens (tertiary/aromatic N) is 3. The molecule has 0 bridgehead atoms. The van der Waals surface area contributed by atoms with Gasteiger partial charge in [-0.2, -0.15) is 5.26 Å². The maximum Gasteiger partial charge on any atom is 0.280 e. The Bertz CT molecular complexity index is 1980. The van der Waals surface area contributed by atoms with E-state index in [0.29, 0.717) is 22.7 Å². The number of hydrogen-bond acceptors (Lipinski definition) is 8. The third kappa shape index (κ3) is 5.54. The summed E-state index contributed by atoms with van der Waals surface area (Å²) < 4.78 is 12.6. The Hall–Kier alpha value is -5.73. The third-order valence-electron chi connectivity index (χ3n) is 6.00. The van der Waals surface area contributed by atoms with Gasteiger partial charge in [0.2, 0.25) is 0 Å². The number of aromatic nitrogens is 1. The van der Waals surface area contributed by atoms with Crippen molar-refractivity contribution in [1.29, 1.82) is 5.26 Å². The number of para-hydroxylation sites is 2. The number of thiazole rings is 1. The molecule has 0 saturated heterocycles. The number of nitro benzene ring substituents is 1. The lowest BCUT2D eigenvalue weighted by Crippen LogP contribution is -2.32. The van der Waals surface area contributed by atoms with E-state index in [1.807, 2.05) is 6.07 Å². The van der Waals surface area contributed by atoms with Crippen LogP contribution in [0, 0.1) is 21.4 Å². The second-order valence-corrected chi connectivity index (χ2v) is 9.57. The van der Waals surface area contributed by atoms with Crippen molar-refractivity contribution in [2.75, 3.05) is 12.4 Å². The predicted molar refractivity (Wildman–Crippen MR) is 154 cm³/mol. The van der Waals surface area contributed by atoms with E-state index in [0.717, 1.165) is 11.3 Å². The molecule has 0 radical (unpaired) electrons. The fraction of sp³-hybridized carbons (Fsp3) is 0.0333. The molecule has 5 aromatic rings. The number of hydrogen-bond donors (Lipinski definition) is 1. The summed E-state index contributed by atoms with van der Waals surface area (Å²) in [6.07, 6.45) is 1.48. The molecule has 5 rings (SSSR count). The number of nitrogens with one attached hydrogen (secondary N) is 1. The van der Waals surface area contributed by atoms with Gasteiger partial charge in [-0.15, -0.1) is 11.3 Å². The van der Waals surface area contributed by atoms with Crippen molar-refractivity contribution in [1.82, 2.24) is 4.57 Å². The maximum absolute atomic E-state index is 13.6. The largest absolute Gasteiger partial charge is 0.497 e. The molecular formula is C30H20N4O6S. The lowest BCUT2D eigenvalue weighted by atomic mass is 10.1. The molecule has 10 nitrogen and oxygen atoms in total. The summed E-state index contributed by atoms with van der Waals surface area (Å²) in [7, 11) is 1.53. The van der Waals surface area contributed by atoms with E-state index in [1.54, 1.807) is 84.9 Å². The standard InChI is InChI=1S/C30H20N4O6S/c1-39-21-13-11-19(12-14-21)32-28(35)24(18-31)30-33(20-7-3-2-4-8-20)29(36)27(41-30)17-22-15-16-26(40-22)23-9-5-6-10-25(23)34(37)38/h2-17H,1H3,(H,32,35). The lowest BCUT2D eigenvalue weighted by Gasteiger charge is -2.06. The zero-order valence-electron chi connectivity index (χ0n) is 21.4. The zero-order chi connectivity index (χ0) is 28.9. The number of rotatable bonds is 7. The van der Waals surface area contributed by atoms with Crippen molar-refractivity contribution in [2.45, 2.75) is 0 Å². The predicted octanol–water partition coefficient (Wildman–Crippen LogP) is 4.22. The average molecular weight is 565 g/mol. The van der Waals surface area contributed by atoms with Crippen LogP contribution in [-0.2, 0) is 4.79 Å². The Morgan fingerprint density at radius 2 is 1.76 bits per heavy atom. The van der Waals surface area contributed by atoms with E-state index in [9.17, 15) is 25.0 Å². The van der Waals surface area contributed by atoms with E-state index < -0.39 is 16.4 Å². The number of nitro groups is 1.